The molecule has 0 heterocycles. The maximum atomic E-state index is 5.81. The second-order valence-electron chi connectivity index (χ2n) is 5.90. The summed E-state index contributed by atoms with van der Waals surface area (Å²) in [6, 6.07) is 8.95. The van der Waals surface area contributed by atoms with Gasteiger partial charge in [-0.15, -0.1) is 0 Å². The van der Waals surface area contributed by atoms with E-state index in [1.165, 1.54) is 12.0 Å². The molecule has 1 N–H and O–H groups in total. The Kier molecular flexibility index (Phi) is 3.43. The highest BCUT2D eigenvalue weighted by Crippen LogP contribution is 2.44. The molecule has 1 atom stereocenters. The van der Waals surface area contributed by atoms with E-state index in [0.717, 1.165) is 12.3 Å². The lowest BCUT2D eigenvalue weighted by atomic mass is 10.1. The van der Waals surface area contributed by atoms with Crippen LogP contribution in [0.4, 0.5) is 0 Å². The number of nitrogens with one attached hydrogen (secondary N) is 1. The first kappa shape index (κ1) is 12.4. The molecule has 17 heavy (non-hydrogen) atoms. The van der Waals surface area contributed by atoms with Crippen LogP contribution < -0.4 is 10.1 Å². The van der Waals surface area contributed by atoms with Crippen molar-refractivity contribution >= 4 is 0 Å². The van der Waals surface area contributed by atoms with Gasteiger partial charge in [-0.25, -0.2) is 0 Å². The summed E-state index contributed by atoms with van der Waals surface area (Å²) in [5.74, 6) is 1.01. The van der Waals surface area contributed by atoms with Crippen molar-refractivity contribution in [1.29, 1.82) is 0 Å². The van der Waals surface area contributed by atoms with Crippen molar-refractivity contribution in [2.24, 2.45) is 5.41 Å². The number of ether oxygens (including phenoxy) is 1. The van der Waals surface area contributed by atoms with Crippen molar-refractivity contribution in [3.63, 3.8) is 0 Å². The number of rotatable bonds is 5. The van der Waals surface area contributed by atoms with E-state index in [1.807, 2.05) is 6.07 Å². The zero-order valence-corrected chi connectivity index (χ0v) is 11.3. The maximum Gasteiger partial charge on any atom is 0.124 e. The van der Waals surface area contributed by atoms with E-state index in [1.54, 1.807) is 0 Å². The van der Waals surface area contributed by atoms with Gasteiger partial charge in [-0.3, -0.25) is 0 Å². The summed E-state index contributed by atoms with van der Waals surface area (Å²) < 4.78 is 5.81. The molecule has 2 nitrogen and oxygen atoms in total. The zero-order chi connectivity index (χ0) is 12.5. The van der Waals surface area contributed by atoms with E-state index in [2.05, 4.69) is 51.2 Å². The van der Waals surface area contributed by atoms with Crippen molar-refractivity contribution in [1.82, 2.24) is 5.32 Å². The summed E-state index contributed by atoms with van der Waals surface area (Å²) in [5, 5.41) is 3.60. The molecule has 0 spiro atoms. The van der Waals surface area contributed by atoms with Crippen LogP contribution in [-0.4, -0.2) is 12.1 Å². The summed E-state index contributed by atoms with van der Waals surface area (Å²) in [7, 11) is 0. The molecule has 1 saturated carbocycles. The lowest BCUT2D eigenvalue weighted by Crippen LogP contribution is -2.20. The summed E-state index contributed by atoms with van der Waals surface area (Å²) in [6.45, 7) is 9.64. The molecule has 1 aliphatic carbocycles. The Balaban J connectivity index is 1.95. The summed E-state index contributed by atoms with van der Waals surface area (Å²) in [5.41, 5.74) is 1.73. The summed E-state index contributed by atoms with van der Waals surface area (Å²) >= 11 is 0. The SMILES string of the molecule is CC(C)Oc1ccccc1CNC1CC1(C)C. The molecule has 0 aromatic heterocycles. The smallest absolute Gasteiger partial charge is 0.124 e. The van der Waals surface area contributed by atoms with Crippen molar-refractivity contribution in [2.45, 2.75) is 52.8 Å². The van der Waals surface area contributed by atoms with Crippen LogP contribution in [0.2, 0.25) is 0 Å². The molecule has 0 bridgehead atoms. The Hall–Kier alpha value is -1.02. The lowest BCUT2D eigenvalue weighted by Gasteiger charge is -2.15. The molecule has 1 unspecified atom stereocenters. The van der Waals surface area contributed by atoms with E-state index in [0.29, 0.717) is 11.5 Å². The molecule has 2 heteroatoms. The minimum Gasteiger partial charge on any atom is -0.491 e. The van der Waals surface area contributed by atoms with Gasteiger partial charge >= 0.3 is 0 Å². The molecule has 0 amide bonds. The number of para-hydroxylation sites is 1. The van der Waals surface area contributed by atoms with Crippen molar-refractivity contribution in [3.05, 3.63) is 29.8 Å². The zero-order valence-electron chi connectivity index (χ0n) is 11.3. The fourth-order valence-corrected chi connectivity index (χ4v) is 2.07. The molecule has 1 fully saturated rings. The number of hydrogen-bond donors (Lipinski definition) is 1. The Morgan fingerprint density at radius 1 is 1.35 bits per heavy atom. The van der Waals surface area contributed by atoms with Crippen LogP contribution in [0.3, 0.4) is 0 Å². The first-order valence-corrected chi connectivity index (χ1v) is 6.47. The fourth-order valence-electron chi connectivity index (χ4n) is 2.07. The van der Waals surface area contributed by atoms with Crippen LogP contribution in [0.25, 0.3) is 0 Å². The van der Waals surface area contributed by atoms with Gasteiger partial charge in [0.05, 0.1) is 6.10 Å². The van der Waals surface area contributed by atoms with E-state index in [-0.39, 0.29) is 6.10 Å². The molecule has 1 aromatic rings. The predicted octanol–water partition coefficient (Wildman–Crippen LogP) is 3.36. The molecule has 0 radical (unpaired) electrons. The second kappa shape index (κ2) is 4.69. The molecule has 2 rings (SSSR count). The highest BCUT2D eigenvalue weighted by molar-refractivity contribution is 5.33. The van der Waals surface area contributed by atoms with Gasteiger partial charge in [0.1, 0.15) is 5.75 Å². The molecule has 1 aliphatic rings. The predicted molar refractivity (Wildman–Crippen MR) is 71.2 cm³/mol. The first-order valence-electron chi connectivity index (χ1n) is 6.47. The molecular weight excluding hydrogens is 210 g/mol. The standard InChI is InChI=1S/C15H23NO/c1-11(2)17-13-8-6-5-7-12(13)10-16-14-9-15(14,3)4/h5-8,11,14,16H,9-10H2,1-4H3. The second-order valence-corrected chi connectivity index (χ2v) is 5.90. The fraction of sp³-hybridized carbons (Fsp3) is 0.600. The maximum absolute atomic E-state index is 5.81. The van der Waals surface area contributed by atoms with Gasteiger partial charge in [0.25, 0.3) is 0 Å². The Morgan fingerprint density at radius 3 is 2.59 bits per heavy atom. The molecule has 0 aliphatic heterocycles. The quantitative estimate of drug-likeness (QED) is 0.842. The van der Waals surface area contributed by atoms with Gasteiger partial charge in [0.15, 0.2) is 0 Å². The minimum atomic E-state index is 0.230. The van der Waals surface area contributed by atoms with Crippen LogP contribution in [-0.2, 0) is 6.54 Å². The monoisotopic (exact) mass is 233 g/mol. The first-order chi connectivity index (χ1) is 7.99. The largest absolute Gasteiger partial charge is 0.491 e. The average molecular weight is 233 g/mol. The Morgan fingerprint density at radius 2 is 2.00 bits per heavy atom. The van der Waals surface area contributed by atoms with Crippen molar-refractivity contribution in [2.75, 3.05) is 0 Å². The van der Waals surface area contributed by atoms with Gasteiger partial charge in [-0.05, 0) is 31.7 Å². The van der Waals surface area contributed by atoms with E-state index in [4.69, 9.17) is 4.74 Å². The van der Waals surface area contributed by atoms with Gasteiger partial charge in [-0.1, -0.05) is 32.0 Å². The summed E-state index contributed by atoms with van der Waals surface area (Å²) in [6.07, 6.45) is 1.51. The van der Waals surface area contributed by atoms with E-state index >= 15 is 0 Å². The van der Waals surface area contributed by atoms with Crippen LogP contribution in [0.1, 0.15) is 39.7 Å². The molecule has 0 saturated heterocycles. The van der Waals surface area contributed by atoms with E-state index in [9.17, 15) is 0 Å². The Labute approximate surface area is 104 Å². The van der Waals surface area contributed by atoms with Crippen molar-refractivity contribution < 1.29 is 4.74 Å². The van der Waals surface area contributed by atoms with Gasteiger partial charge in [0.2, 0.25) is 0 Å². The third-order valence-electron chi connectivity index (χ3n) is 3.39. The van der Waals surface area contributed by atoms with Crippen LogP contribution in [0.5, 0.6) is 5.75 Å². The van der Waals surface area contributed by atoms with Gasteiger partial charge in [-0.2, -0.15) is 0 Å². The van der Waals surface area contributed by atoms with Crippen molar-refractivity contribution in [3.8, 4) is 5.75 Å². The van der Waals surface area contributed by atoms with Crippen LogP contribution in [0, 0.1) is 5.41 Å². The highest BCUT2D eigenvalue weighted by Gasteiger charge is 2.45. The third kappa shape index (κ3) is 3.22. The normalized spacial score (nSPS) is 21.6. The highest BCUT2D eigenvalue weighted by atomic mass is 16.5. The van der Waals surface area contributed by atoms with E-state index < -0.39 is 0 Å². The van der Waals surface area contributed by atoms with Gasteiger partial charge in [0, 0.05) is 18.2 Å². The minimum absolute atomic E-state index is 0.230. The molecule has 94 valence electrons. The van der Waals surface area contributed by atoms with Crippen LogP contribution in [0.15, 0.2) is 24.3 Å². The van der Waals surface area contributed by atoms with Gasteiger partial charge < -0.3 is 10.1 Å². The number of hydrogen-bond acceptors (Lipinski definition) is 2. The Bertz CT molecular complexity index is 384. The molecule has 1 aromatic carbocycles. The molecular formula is C15H23NO. The number of benzene rings is 1. The summed E-state index contributed by atoms with van der Waals surface area (Å²) in [4.78, 5) is 0. The average Bonchev–Trinajstić information content (AvgIpc) is 2.84. The topological polar surface area (TPSA) is 21.3 Å². The van der Waals surface area contributed by atoms with Crippen LogP contribution >= 0.6 is 0 Å². The third-order valence-corrected chi connectivity index (χ3v) is 3.39. The lowest BCUT2D eigenvalue weighted by molar-refractivity contribution is 0.239.